The first-order chi connectivity index (χ1) is 16.8. The summed E-state index contributed by atoms with van der Waals surface area (Å²) in [6.07, 6.45) is 1.03. The SMILES string of the molecule is COc1ccc(/C=C2\C(=O)N(c3cccc(Br)c3)N=C2CC(=O)[O-])cc1OCc1ccc(F)cc1. The topological polar surface area (TPSA) is 91.3 Å². The van der Waals surface area contributed by atoms with Gasteiger partial charge in [0.2, 0.25) is 0 Å². The normalized spacial score (nSPS) is 14.3. The Morgan fingerprint density at radius 1 is 1.11 bits per heavy atom. The second kappa shape index (κ2) is 10.5. The average Bonchev–Trinajstić information content (AvgIpc) is 3.13. The van der Waals surface area contributed by atoms with E-state index in [1.807, 2.05) is 0 Å². The molecule has 0 fully saturated rings. The van der Waals surface area contributed by atoms with Gasteiger partial charge in [0, 0.05) is 16.9 Å². The van der Waals surface area contributed by atoms with Crippen molar-refractivity contribution >= 4 is 45.3 Å². The molecule has 1 amide bonds. The molecule has 4 rings (SSSR count). The number of hydrazone groups is 1. The highest BCUT2D eigenvalue weighted by atomic mass is 79.9. The Balaban J connectivity index is 1.65. The van der Waals surface area contributed by atoms with E-state index >= 15 is 0 Å². The van der Waals surface area contributed by atoms with Crippen molar-refractivity contribution in [2.75, 3.05) is 12.1 Å². The zero-order chi connectivity index (χ0) is 24.9. The molecule has 0 N–H and O–H groups in total. The van der Waals surface area contributed by atoms with Gasteiger partial charge in [0.1, 0.15) is 12.4 Å². The second-order valence-corrected chi connectivity index (χ2v) is 8.49. The largest absolute Gasteiger partial charge is 0.550 e. The molecule has 0 aromatic heterocycles. The number of carboxylic acid groups (broad SMARTS) is 1. The number of nitrogens with zero attached hydrogens (tertiary/aromatic N) is 2. The highest BCUT2D eigenvalue weighted by molar-refractivity contribution is 9.10. The van der Waals surface area contributed by atoms with Crippen LogP contribution in [0.1, 0.15) is 17.5 Å². The minimum atomic E-state index is -1.35. The van der Waals surface area contributed by atoms with Gasteiger partial charge in [-0.2, -0.15) is 10.1 Å². The van der Waals surface area contributed by atoms with Crippen LogP contribution in [0.3, 0.4) is 0 Å². The number of amides is 1. The first kappa shape index (κ1) is 24.2. The minimum Gasteiger partial charge on any atom is -0.550 e. The molecule has 0 unspecified atom stereocenters. The van der Waals surface area contributed by atoms with Crippen molar-refractivity contribution < 1.29 is 28.6 Å². The Kier molecular flexibility index (Phi) is 7.26. The number of ether oxygens (including phenoxy) is 2. The van der Waals surface area contributed by atoms with Crippen molar-refractivity contribution in [1.82, 2.24) is 0 Å². The lowest BCUT2D eigenvalue weighted by Gasteiger charge is -2.13. The van der Waals surface area contributed by atoms with E-state index in [1.165, 1.54) is 19.2 Å². The third-order valence-electron chi connectivity index (χ3n) is 5.13. The van der Waals surface area contributed by atoms with Gasteiger partial charge >= 0.3 is 0 Å². The standard InChI is InChI=1S/C26H20BrFN2O5/c1-34-23-10-7-17(12-24(23)35-15-16-5-8-19(28)9-6-16)11-21-22(14-25(31)32)29-30(26(21)33)20-4-2-3-18(27)13-20/h2-13H,14-15H2,1H3,(H,31,32)/p-1/b21-11-. The molecule has 1 heterocycles. The molecular weight excluding hydrogens is 519 g/mol. The fraction of sp³-hybridized carbons (Fsp3) is 0.115. The lowest BCUT2D eigenvalue weighted by atomic mass is 10.0. The number of aliphatic carboxylic acids is 1. The van der Waals surface area contributed by atoms with E-state index in [4.69, 9.17) is 9.47 Å². The Morgan fingerprint density at radius 2 is 1.89 bits per heavy atom. The van der Waals surface area contributed by atoms with Crippen LogP contribution < -0.4 is 19.6 Å². The highest BCUT2D eigenvalue weighted by Crippen LogP contribution is 2.32. The summed E-state index contributed by atoms with van der Waals surface area (Å²) in [7, 11) is 1.50. The number of carboxylic acids is 1. The third-order valence-corrected chi connectivity index (χ3v) is 5.62. The minimum absolute atomic E-state index is 0.0829. The van der Waals surface area contributed by atoms with Crippen LogP contribution in [0.5, 0.6) is 11.5 Å². The molecule has 3 aromatic carbocycles. The van der Waals surface area contributed by atoms with Crippen LogP contribution in [0.15, 0.2) is 81.9 Å². The maximum absolute atomic E-state index is 13.2. The van der Waals surface area contributed by atoms with E-state index in [0.29, 0.717) is 22.7 Å². The summed E-state index contributed by atoms with van der Waals surface area (Å²) in [4.78, 5) is 24.5. The molecule has 0 saturated carbocycles. The van der Waals surface area contributed by atoms with Gasteiger partial charge in [-0.3, -0.25) is 4.79 Å². The smallest absolute Gasteiger partial charge is 0.280 e. The van der Waals surface area contributed by atoms with Crippen LogP contribution in [0.4, 0.5) is 10.1 Å². The molecule has 7 nitrogen and oxygen atoms in total. The van der Waals surface area contributed by atoms with E-state index in [9.17, 15) is 19.1 Å². The van der Waals surface area contributed by atoms with Crippen molar-refractivity contribution in [3.63, 3.8) is 0 Å². The summed E-state index contributed by atoms with van der Waals surface area (Å²) in [5, 5.41) is 16.7. The zero-order valence-corrected chi connectivity index (χ0v) is 20.1. The summed E-state index contributed by atoms with van der Waals surface area (Å²) in [6.45, 7) is 0.170. The molecule has 0 spiro atoms. The van der Waals surface area contributed by atoms with Crippen molar-refractivity contribution in [2.24, 2.45) is 5.10 Å². The van der Waals surface area contributed by atoms with Crippen LogP contribution in [-0.2, 0) is 16.2 Å². The van der Waals surface area contributed by atoms with E-state index < -0.39 is 18.3 Å². The summed E-state index contributed by atoms with van der Waals surface area (Å²) < 4.78 is 25.1. The molecule has 35 heavy (non-hydrogen) atoms. The first-order valence-electron chi connectivity index (χ1n) is 10.5. The summed E-state index contributed by atoms with van der Waals surface area (Å²) in [5.41, 5.74) is 2.03. The summed E-state index contributed by atoms with van der Waals surface area (Å²) >= 11 is 3.36. The number of hydrogen-bond donors (Lipinski definition) is 0. The maximum atomic E-state index is 13.2. The fourth-order valence-electron chi connectivity index (χ4n) is 3.46. The number of benzene rings is 3. The maximum Gasteiger partial charge on any atom is 0.280 e. The van der Waals surface area contributed by atoms with E-state index in [1.54, 1.807) is 60.7 Å². The molecule has 0 radical (unpaired) electrons. The molecular formula is C26H19BrFN2O5-. The van der Waals surface area contributed by atoms with Crippen LogP contribution in [0.25, 0.3) is 6.08 Å². The number of methoxy groups -OCH3 is 1. The number of carbonyl (C=O) groups excluding carboxylic acids is 2. The number of rotatable bonds is 8. The predicted molar refractivity (Wildman–Crippen MR) is 130 cm³/mol. The number of halogens is 2. The van der Waals surface area contributed by atoms with Crippen LogP contribution in [0, 0.1) is 5.82 Å². The quantitative estimate of drug-likeness (QED) is 0.403. The monoisotopic (exact) mass is 537 g/mol. The van der Waals surface area contributed by atoms with Gasteiger partial charge < -0.3 is 19.4 Å². The highest BCUT2D eigenvalue weighted by Gasteiger charge is 2.31. The van der Waals surface area contributed by atoms with Gasteiger partial charge in [0.15, 0.2) is 11.5 Å². The van der Waals surface area contributed by atoms with Gasteiger partial charge in [-0.15, -0.1) is 0 Å². The third kappa shape index (κ3) is 5.75. The molecule has 0 bridgehead atoms. The van der Waals surface area contributed by atoms with Crippen LogP contribution >= 0.6 is 15.9 Å². The van der Waals surface area contributed by atoms with Gasteiger partial charge in [-0.25, -0.2) is 4.39 Å². The second-order valence-electron chi connectivity index (χ2n) is 7.58. The van der Waals surface area contributed by atoms with Gasteiger partial charge in [0.05, 0.1) is 24.1 Å². The number of anilines is 1. The molecule has 0 saturated heterocycles. The summed E-state index contributed by atoms with van der Waals surface area (Å²) in [6, 6.07) is 17.9. The Labute approximate surface area is 209 Å². The molecule has 1 aliphatic heterocycles. The van der Waals surface area contributed by atoms with E-state index in [0.717, 1.165) is 15.0 Å². The predicted octanol–water partition coefficient (Wildman–Crippen LogP) is 4.10. The summed E-state index contributed by atoms with van der Waals surface area (Å²) in [5.74, 6) is -1.29. The van der Waals surface area contributed by atoms with E-state index in [-0.39, 0.29) is 23.7 Å². The Hall–Kier alpha value is -3.98. The first-order valence-corrected chi connectivity index (χ1v) is 11.3. The van der Waals surface area contributed by atoms with Crippen LogP contribution in [-0.4, -0.2) is 24.7 Å². The van der Waals surface area contributed by atoms with Crippen molar-refractivity contribution in [1.29, 1.82) is 0 Å². The Morgan fingerprint density at radius 3 is 2.57 bits per heavy atom. The Bertz CT molecular complexity index is 1340. The molecule has 178 valence electrons. The molecule has 0 aliphatic carbocycles. The fourth-order valence-corrected chi connectivity index (χ4v) is 3.84. The molecule has 1 aliphatic rings. The van der Waals surface area contributed by atoms with E-state index in [2.05, 4.69) is 21.0 Å². The van der Waals surface area contributed by atoms with Gasteiger partial charge in [-0.05, 0) is 59.7 Å². The van der Waals surface area contributed by atoms with Gasteiger partial charge in [0.25, 0.3) is 5.91 Å². The lowest BCUT2D eigenvalue weighted by molar-refractivity contribution is -0.303. The van der Waals surface area contributed by atoms with Gasteiger partial charge in [-0.1, -0.05) is 40.2 Å². The number of carbonyl (C=O) groups is 2. The average molecular weight is 538 g/mol. The number of hydrogen-bond acceptors (Lipinski definition) is 6. The zero-order valence-electron chi connectivity index (χ0n) is 18.5. The molecule has 9 heteroatoms. The van der Waals surface area contributed by atoms with Crippen LogP contribution in [0.2, 0.25) is 0 Å². The van der Waals surface area contributed by atoms with Crippen molar-refractivity contribution in [3.8, 4) is 11.5 Å². The van der Waals surface area contributed by atoms with Crippen molar-refractivity contribution in [2.45, 2.75) is 13.0 Å². The lowest BCUT2D eigenvalue weighted by Crippen LogP contribution is -2.26. The molecule has 3 aromatic rings. The van der Waals surface area contributed by atoms with Crippen molar-refractivity contribution in [3.05, 3.63) is 93.7 Å². The molecule has 0 atom stereocenters.